The summed E-state index contributed by atoms with van der Waals surface area (Å²) >= 11 is 1.45. The highest BCUT2D eigenvalue weighted by atomic mass is 32.1. The van der Waals surface area contributed by atoms with E-state index >= 15 is 0 Å². The third-order valence-electron chi connectivity index (χ3n) is 4.07. The number of thiazole rings is 1. The Bertz CT molecular complexity index is 988. The molecule has 0 aliphatic heterocycles. The number of para-hydroxylation sites is 1. The van der Waals surface area contributed by atoms with Crippen LogP contribution in [0.1, 0.15) is 12.5 Å². The maximum atomic E-state index is 5.69. The lowest BCUT2D eigenvalue weighted by atomic mass is 10.1. The Hall–Kier alpha value is -3.26. The topological polar surface area (TPSA) is 74.2 Å². The molecule has 0 saturated heterocycles. The van der Waals surface area contributed by atoms with E-state index in [0.29, 0.717) is 29.0 Å². The van der Waals surface area contributed by atoms with Crippen LogP contribution in [0.4, 0.5) is 5.13 Å². The number of hydrogen-bond acceptors (Lipinski definition) is 8. The van der Waals surface area contributed by atoms with Crippen LogP contribution in [0.5, 0.6) is 23.0 Å². The highest BCUT2D eigenvalue weighted by Crippen LogP contribution is 2.35. The third kappa shape index (κ3) is 4.78. The molecule has 3 rings (SSSR count). The fourth-order valence-electron chi connectivity index (χ4n) is 2.71. The Balaban J connectivity index is 1.77. The van der Waals surface area contributed by atoms with Gasteiger partial charge in [0.05, 0.1) is 39.8 Å². The largest absolute Gasteiger partial charge is 0.497 e. The molecule has 29 heavy (non-hydrogen) atoms. The van der Waals surface area contributed by atoms with Crippen LogP contribution >= 0.6 is 11.3 Å². The second kappa shape index (κ2) is 9.79. The number of methoxy groups -OCH3 is 3. The van der Waals surface area contributed by atoms with E-state index in [-0.39, 0.29) is 0 Å². The zero-order chi connectivity index (χ0) is 20.6. The van der Waals surface area contributed by atoms with Crippen LogP contribution in [-0.2, 0) is 0 Å². The second-order valence-corrected chi connectivity index (χ2v) is 6.64. The minimum absolute atomic E-state index is 0.536. The number of rotatable bonds is 9. The van der Waals surface area contributed by atoms with Gasteiger partial charge in [-0.3, -0.25) is 5.43 Å². The van der Waals surface area contributed by atoms with Gasteiger partial charge >= 0.3 is 0 Å². The predicted octanol–water partition coefficient (Wildman–Crippen LogP) is 4.68. The molecule has 7 nitrogen and oxygen atoms in total. The fraction of sp³-hybridized carbons (Fsp3) is 0.238. The lowest BCUT2D eigenvalue weighted by Gasteiger charge is -2.11. The Morgan fingerprint density at radius 1 is 1.07 bits per heavy atom. The number of hydrazone groups is 1. The predicted molar refractivity (Wildman–Crippen MR) is 116 cm³/mol. The Kier molecular flexibility index (Phi) is 6.91. The average molecular weight is 413 g/mol. The van der Waals surface area contributed by atoms with Gasteiger partial charge in [0.25, 0.3) is 0 Å². The number of nitrogens with one attached hydrogen (secondary N) is 1. The van der Waals surface area contributed by atoms with Crippen LogP contribution in [0.15, 0.2) is 46.9 Å². The van der Waals surface area contributed by atoms with E-state index in [2.05, 4.69) is 15.5 Å². The highest BCUT2D eigenvalue weighted by molar-refractivity contribution is 7.14. The quantitative estimate of drug-likeness (QED) is 0.406. The number of anilines is 1. The SMILES string of the molecule is CCOc1c(/C=N\Nc2nc(-c3ccc(OC)cc3OC)cs2)cccc1OC. The number of ether oxygens (including phenoxy) is 4. The molecule has 2 aromatic carbocycles. The first-order valence-electron chi connectivity index (χ1n) is 8.97. The van der Waals surface area contributed by atoms with E-state index in [0.717, 1.165) is 22.6 Å². The summed E-state index contributed by atoms with van der Waals surface area (Å²) in [6.07, 6.45) is 1.68. The molecule has 0 atom stereocenters. The van der Waals surface area contributed by atoms with Crippen LogP contribution in [0, 0.1) is 0 Å². The van der Waals surface area contributed by atoms with Crippen molar-refractivity contribution in [3.8, 4) is 34.3 Å². The molecule has 0 bridgehead atoms. The van der Waals surface area contributed by atoms with Crippen LogP contribution in [-0.4, -0.2) is 39.1 Å². The molecule has 0 fully saturated rings. The summed E-state index contributed by atoms with van der Waals surface area (Å²) in [5.41, 5.74) is 5.45. The lowest BCUT2D eigenvalue weighted by Crippen LogP contribution is -2.00. The van der Waals surface area contributed by atoms with Gasteiger partial charge in [0.2, 0.25) is 5.13 Å². The summed E-state index contributed by atoms with van der Waals surface area (Å²) in [4.78, 5) is 4.59. The smallest absolute Gasteiger partial charge is 0.203 e. The molecule has 1 aromatic heterocycles. The van der Waals surface area contributed by atoms with E-state index < -0.39 is 0 Å². The Morgan fingerprint density at radius 2 is 1.90 bits per heavy atom. The first-order valence-corrected chi connectivity index (χ1v) is 9.84. The van der Waals surface area contributed by atoms with Gasteiger partial charge < -0.3 is 18.9 Å². The molecule has 1 N–H and O–H groups in total. The summed E-state index contributed by atoms with van der Waals surface area (Å²) < 4.78 is 21.7. The minimum atomic E-state index is 0.536. The number of nitrogens with zero attached hydrogens (tertiary/aromatic N) is 2. The van der Waals surface area contributed by atoms with Gasteiger partial charge in [-0.1, -0.05) is 6.07 Å². The van der Waals surface area contributed by atoms with Crippen molar-refractivity contribution in [3.05, 3.63) is 47.3 Å². The van der Waals surface area contributed by atoms with E-state index in [9.17, 15) is 0 Å². The lowest BCUT2D eigenvalue weighted by molar-refractivity contribution is 0.310. The molecule has 0 radical (unpaired) electrons. The molecule has 0 aliphatic carbocycles. The van der Waals surface area contributed by atoms with E-state index in [1.807, 2.05) is 48.7 Å². The molecule has 8 heteroatoms. The van der Waals surface area contributed by atoms with Crippen molar-refractivity contribution in [3.63, 3.8) is 0 Å². The summed E-state index contributed by atoms with van der Waals surface area (Å²) in [5.74, 6) is 2.75. The van der Waals surface area contributed by atoms with Crippen molar-refractivity contribution in [1.29, 1.82) is 0 Å². The Labute approximate surface area is 173 Å². The summed E-state index contributed by atoms with van der Waals surface area (Å²) in [6, 6.07) is 11.3. The molecule has 0 aliphatic rings. The van der Waals surface area contributed by atoms with Crippen molar-refractivity contribution in [2.45, 2.75) is 6.92 Å². The molecule has 152 valence electrons. The summed E-state index contributed by atoms with van der Waals surface area (Å²) in [5, 5.41) is 6.90. The maximum absolute atomic E-state index is 5.69. The molecule has 0 saturated carbocycles. The first-order chi connectivity index (χ1) is 14.2. The van der Waals surface area contributed by atoms with Crippen molar-refractivity contribution in [2.75, 3.05) is 33.4 Å². The highest BCUT2D eigenvalue weighted by Gasteiger charge is 2.12. The minimum Gasteiger partial charge on any atom is -0.497 e. The number of hydrogen-bond donors (Lipinski definition) is 1. The van der Waals surface area contributed by atoms with Gasteiger partial charge in [-0.05, 0) is 31.2 Å². The molecule has 3 aromatic rings. The van der Waals surface area contributed by atoms with Gasteiger partial charge in [0.15, 0.2) is 11.5 Å². The normalized spacial score (nSPS) is 10.8. The summed E-state index contributed by atoms with van der Waals surface area (Å²) in [7, 11) is 4.86. The van der Waals surface area contributed by atoms with E-state index in [1.165, 1.54) is 11.3 Å². The second-order valence-electron chi connectivity index (χ2n) is 5.79. The fourth-order valence-corrected chi connectivity index (χ4v) is 3.37. The van der Waals surface area contributed by atoms with Crippen molar-refractivity contribution < 1.29 is 18.9 Å². The molecular formula is C21H23N3O4S. The van der Waals surface area contributed by atoms with E-state index in [4.69, 9.17) is 18.9 Å². The van der Waals surface area contributed by atoms with Gasteiger partial charge in [-0.2, -0.15) is 5.10 Å². The first kappa shape index (κ1) is 20.5. The summed E-state index contributed by atoms with van der Waals surface area (Å²) in [6.45, 7) is 2.46. The van der Waals surface area contributed by atoms with Crippen LogP contribution in [0.25, 0.3) is 11.3 Å². The van der Waals surface area contributed by atoms with Crippen molar-refractivity contribution in [2.24, 2.45) is 5.10 Å². The zero-order valence-electron chi connectivity index (χ0n) is 16.8. The average Bonchev–Trinajstić information content (AvgIpc) is 3.23. The maximum Gasteiger partial charge on any atom is 0.203 e. The molecule has 0 amide bonds. The van der Waals surface area contributed by atoms with Gasteiger partial charge in [0.1, 0.15) is 11.5 Å². The van der Waals surface area contributed by atoms with E-state index in [1.54, 1.807) is 27.5 Å². The molecular weight excluding hydrogens is 390 g/mol. The number of aromatic nitrogens is 1. The zero-order valence-corrected chi connectivity index (χ0v) is 17.6. The van der Waals surface area contributed by atoms with Crippen LogP contribution in [0.3, 0.4) is 0 Å². The van der Waals surface area contributed by atoms with Crippen LogP contribution < -0.4 is 24.4 Å². The van der Waals surface area contributed by atoms with Gasteiger partial charge in [-0.25, -0.2) is 4.98 Å². The monoisotopic (exact) mass is 413 g/mol. The number of benzene rings is 2. The third-order valence-corrected chi connectivity index (χ3v) is 4.82. The Morgan fingerprint density at radius 3 is 2.62 bits per heavy atom. The van der Waals surface area contributed by atoms with Crippen molar-refractivity contribution >= 4 is 22.7 Å². The van der Waals surface area contributed by atoms with Crippen molar-refractivity contribution in [1.82, 2.24) is 4.98 Å². The van der Waals surface area contributed by atoms with Gasteiger partial charge in [0, 0.05) is 22.6 Å². The molecule has 0 spiro atoms. The van der Waals surface area contributed by atoms with Crippen LogP contribution in [0.2, 0.25) is 0 Å². The standard InChI is InChI=1S/C21H23N3O4S/c1-5-28-20-14(7-6-8-18(20)26-3)12-22-24-21-23-17(13-29-21)16-10-9-15(25-2)11-19(16)27-4/h6-13H,5H2,1-4H3,(H,23,24)/b22-12-. The molecule has 0 unspecified atom stereocenters. The van der Waals surface area contributed by atoms with Gasteiger partial charge in [-0.15, -0.1) is 11.3 Å². The molecule has 1 heterocycles.